The molecule has 0 N–H and O–H groups in total. The largest absolute Gasteiger partial charge is 0.464 e. The van der Waals surface area contributed by atoms with Gasteiger partial charge in [-0.1, -0.05) is 0 Å². The van der Waals surface area contributed by atoms with Gasteiger partial charge >= 0.3 is 6.18 Å². The average Bonchev–Trinajstić information content (AvgIpc) is 2.54. The number of halogens is 3. The van der Waals surface area contributed by atoms with Gasteiger partial charge in [-0.25, -0.2) is 0 Å². The number of alkyl halides is 3. The van der Waals surface area contributed by atoms with Crippen LogP contribution in [-0.4, -0.2) is 6.18 Å². The highest BCUT2D eigenvalue weighted by molar-refractivity contribution is 5.71. The van der Waals surface area contributed by atoms with Crippen LogP contribution in [0.2, 0.25) is 0 Å². The highest BCUT2D eigenvalue weighted by Gasteiger charge is 2.38. The summed E-state index contributed by atoms with van der Waals surface area (Å²) in [5.41, 5.74) is -1.43. The molecule has 0 saturated carbocycles. The zero-order chi connectivity index (χ0) is 10.8. The first kappa shape index (κ1) is 10.4. The van der Waals surface area contributed by atoms with Crippen LogP contribution in [0.4, 0.5) is 13.2 Å². The molecule has 74 valence electrons. The molecule has 0 aliphatic heterocycles. The molecule has 0 amide bonds. The zero-order valence-electron chi connectivity index (χ0n) is 7.22. The molecule has 1 aromatic rings. The molecule has 1 rings (SSSR count). The number of furan rings is 1. The van der Waals surface area contributed by atoms with Gasteiger partial charge in [0.05, 0.1) is 12.3 Å². The summed E-state index contributed by atoms with van der Waals surface area (Å²) in [5, 5.41) is 8.42. The lowest BCUT2D eigenvalue weighted by Crippen LogP contribution is -2.11. The van der Waals surface area contributed by atoms with Gasteiger partial charge in [0, 0.05) is 5.57 Å². The van der Waals surface area contributed by atoms with Gasteiger partial charge in [-0.2, -0.15) is 18.4 Å². The second-order valence-corrected chi connectivity index (χ2v) is 2.59. The summed E-state index contributed by atoms with van der Waals surface area (Å²) in [6, 6.07) is 3.97. The highest BCUT2D eigenvalue weighted by Crippen LogP contribution is 2.36. The van der Waals surface area contributed by atoms with Crippen molar-refractivity contribution in [2.45, 2.75) is 13.1 Å². The van der Waals surface area contributed by atoms with Crippen LogP contribution < -0.4 is 0 Å². The first-order chi connectivity index (χ1) is 6.46. The molecule has 0 unspecified atom stereocenters. The molecule has 5 heteroatoms. The second-order valence-electron chi connectivity index (χ2n) is 2.59. The van der Waals surface area contributed by atoms with Gasteiger partial charge in [0.25, 0.3) is 0 Å². The van der Waals surface area contributed by atoms with Crippen LogP contribution in [-0.2, 0) is 0 Å². The van der Waals surface area contributed by atoms with Crippen LogP contribution in [0.3, 0.4) is 0 Å². The van der Waals surface area contributed by atoms with E-state index in [0.717, 1.165) is 13.2 Å². The predicted octanol–water partition coefficient (Wildman–Crippen LogP) is 3.14. The molecule has 0 spiro atoms. The molecule has 0 aromatic carbocycles. The Labute approximate surface area is 78.3 Å². The van der Waals surface area contributed by atoms with E-state index in [2.05, 4.69) is 4.42 Å². The molecule has 2 nitrogen and oxygen atoms in total. The first-order valence-electron chi connectivity index (χ1n) is 3.69. The molecule has 0 atom stereocenters. The van der Waals surface area contributed by atoms with Gasteiger partial charge < -0.3 is 4.42 Å². The molecule has 14 heavy (non-hydrogen) atoms. The Kier molecular flexibility index (Phi) is 2.65. The van der Waals surface area contributed by atoms with E-state index in [1.807, 2.05) is 0 Å². The van der Waals surface area contributed by atoms with E-state index in [0.29, 0.717) is 0 Å². The topological polar surface area (TPSA) is 36.9 Å². The predicted molar refractivity (Wildman–Crippen MR) is 43.0 cm³/mol. The van der Waals surface area contributed by atoms with Crippen LogP contribution in [0.1, 0.15) is 12.7 Å². The second kappa shape index (κ2) is 3.58. The third-order valence-electron chi connectivity index (χ3n) is 1.59. The van der Waals surface area contributed by atoms with Gasteiger partial charge in [-0.3, -0.25) is 0 Å². The smallest absolute Gasteiger partial charge is 0.420 e. The maximum Gasteiger partial charge on any atom is 0.420 e. The van der Waals surface area contributed by atoms with Gasteiger partial charge in [0.15, 0.2) is 0 Å². The Balaban J connectivity index is 3.30. The van der Waals surface area contributed by atoms with Crippen molar-refractivity contribution in [1.29, 1.82) is 5.26 Å². The lowest BCUT2D eigenvalue weighted by Gasteiger charge is -2.09. The number of allylic oxidation sites excluding steroid dienone is 2. The van der Waals surface area contributed by atoms with Gasteiger partial charge in [-0.15, -0.1) is 0 Å². The summed E-state index contributed by atoms with van der Waals surface area (Å²) < 4.78 is 42.0. The summed E-state index contributed by atoms with van der Waals surface area (Å²) in [6.07, 6.45) is -3.44. The summed E-state index contributed by atoms with van der Waals surface area (Å²) in [7, 11) is 0. The van der Waals surface area contributed by atoms with Crippen LogP contribution >= 0.6 is 0 Å². The van der Waals surface area contributed by atoms with E-state index in [-0.39, 0.29) is 5.76 Å². The fraction of sp³-hybridized carbons (Fsp3) is 0.222. The van der Waals surface area contributed by atoms with Crippen molar-refractivity contribution >= 4 is 5.57 Å². The molecule has 0 aliphatic rings. The average molecular weight is 201 g/mol. The van der Waals surface area contributed by atoms with Crippen LogP contribution in [0.15, 0.2) is 28.4 Å². The number of nitrogens with zero attached hydrogens (tertiary/aromatic N) is 1. The molecule has 0 aliphatic carbocycles. The van der Waals surface area contributed by atoms with Crippen molar-refractivity contribution < 1.29 is 17.6 Å². The van der Waals surface area contributed by atoms with Crippen molar-refractivity contribution in [2.75, 3.05) is 0 Å². The molecule has 1 heterocycles. The number of rotatable bonds is 1. The van der Waals surface area contributed by atoms with E-state index in [1.165, 1.54) is 18.2 Å². The minimum Gasteiger partial charge on any atom is -0.464 e. The Hall–Kier alpha value is -1.70. The molecule has 1 aromatic heterocycles. The summed E-state index contributed by atoms with van der Waals surface area (Å²) in [6.45, 7) is 1.10. The number of hydrogen-bond acceptors (Lipinski definition) is 2. The van der Waals surface area contributed by atoms with E-state index >= 15 is 0 Å². The van der Waals surface area contributed by atoms with Gasteiger partial charge in [-0.05, 0) is 19.1 Å². The normalized spacial score (nSPS) is 13.4. The first-order valence-corrected chi connectivity index (χ1v) is 3.69. The van der Waals surface area contributed by atoms with Crippen molar-refractivity contribution in [2.24, 2.45) is 0 Å². The van der Waals surface area contributed by atoms with Crippen LogP contribution in [0, 0.1) is 11.3 Å². The fourth-order valence-electron chi connectivity index (χ4n) is 1.01. The summed E-state index contributed by atoms with van der Waals surface area (Å²) in [5.74, 6) is -0.337. The monoisotopic (exact) mass is 201 g/mol. The Morgan fingerprint density at radius 3 is 2.50 bits per heavy atom. The van der Waals surface area contributed by atoms with Crippen LogP contribution in [0.25, 0.3) is 5.57 Å². The molecule has 0 radical (unpaired) electrons. The van der Waals surface area contributed by atoms with Gasteiger partial charge in [0.2, 0.25) is 0 Å². The van der Waals surface area contributed by atoms with E-state index in [1.54, 1.807) is 0 Å². The minimum atomic E-state index is -4.57. The van der Waals surface area contributed by atoms with Crippen molar-refractivity contribution in [3.8, 4) is 6.07 Å². The fourth-order valence-corrected chi connectivity index (χ4v) is 1.01. The molecule has 0 bridgehead atoms. The SMILES string of the molecule is C/C(C#N)=C(\c1ccco1)C(F)(F)F. The molecular formula is C9H6F3NO. The standard InChI is InChI=1S/C9H6F3NO/c1-6(5-13)8(9(10,11)12)7-3-2-4-14-7/h2-4H,1H3/b8-6-. The molecular weight excluding hydrogens is 195 g/mol. The highest BCUT2D eigenvalue weighted by atomic mass is 19.4. The van der Waals surface area contributed by atoms with E-state index in [4.69, 9.17) is 5.26 Å². The van der Waals surface area contributed by atoms with Gasteiger partial charge in [0.1, 0.15) is 11.3 Å². The number of hydrogen-bond donors (Lipinski definition) is 0. The Bertz CT molecular complexity index is 381. The Morgan fingerprint density at radius 1 is 1.50 bits per heavy atom. The van der Waals surface area contributed by atoms with E-state index < -0.39 is 17.3 Å². The van der Waals surface area contributed by atoms with Crippen LogP contribution in [0.5, 0.6) is 0 Å². The Morgan fingerprint density at radius 2 is 2.14 bits per heavy atom. The zero-order valence-corrected chi connectivity index (χ0v) is 7.22. The van der Waals surface area contributed by atoms with E-state index in [9.17, 15) is 13.2 Å². The lowest BCUT2D eigenvalue weighted by atomic mass is 10.1. The quantitative estimate of drug-likeness (QED) is 0.654. The third kappa shape index (κ3) is 1.96. The summed E-state index contributed by atoms with van der Waals surface area (Å²) >= 11 is 0. The lowest BCUT2D eigenvalue weighted by molar-refractivity contribution is -0.0703. The maximum atomic E-state index is 12.5. The minimum absolute atomic E-state index is 0.337. The number of nitriles is 1. The summed E-state index contributed by atoms with van der Waals surface area (Å²) in [4.78, 5) is 0. The van der Waals surface area contributed by atoms with Crippen molar-refractivity contribution in [1.82, 2.24) is 0 Å². The maximum absolute atomic E-state index is 12.5. The molecule has 0 saturated heterocycles. The van der Waals surface area contributed by atoms with Crippen molar-refractivity contribution in [3.63, 3.8) is 0 Å². The molecule has 0 fully saturated rings. The third-order valence-corrected chi connectivity index (χ3v) is 1.59. The van der Waals surface area contributed by atoms with Crippen molar-refractivity contribution in [3.05, 3.63) is 29.7 Å².